The van der Waals surface area contributed by atoms with Gasteiger partial charge < -0.3 is 15.2 Å². The number of carbonyl (C=O) groups is 1. The van der Waals surface area contributed by atoms with Gasteiger partial charge >= 0.3 is 0 Å². The van der Waals surface area contributed by atoms with Gasteiger partial charge in [-0.15, -0.1) is 0 Å². The summed E-state index contributed by atoms with van der Waals surface area (Å²) in [6, 6.07) is 7.10. The molecular weight excluding hydrogens is 266 g/mol. The van der Waals surface area contributed by atoms with Gasteiger partial charge in [0.1, 0.15) is 6.61 Å². The Bertz CT molecular complexity index is 524. The second-order valence-electron chi connectivity index (χ2n) is 5.07. The molecular formula is C17H21NO3. The summed E-state index contributed by atoms with van der Waals surface area (Å²) in [5, 5.41) is 11.6. The number of ether oxygens (including phenoxy) is 1. The van der Waals surface area contributed by atoms with Crippen LogP contribution in [0.1, 0.15) is 41.6 Å². The minimum Gasteiger partial charge on any atom is -0.384 e. The van der Waals surface area contributed by atoms with Crippen LogP contribution in [0.4, 0.5) is 0 Å². The highest BCUT2D eigenvalue weighted by Crippen LogP contribution is 2.15. The van der Waals surface area contributed by atoms with E-state index in [9.17, 15) is 4.79 Å². The van der Waals surface area contributed by atoms with Gasteiger partial charge in [-0.2, -0.15) is 0 Å². The third-order valence-electron chi connectivity index (χ3n) is 3.46. The third kappa shape index (κ3) is 5.22. The van der Waals surface area contributed by atoms with Crippen LogP contribution in [0.2, 0.25) is 0 Å². The average molecular weight is 287 g/mol. The molecule has 21 heavy (non-hydrogen) atoms. The molecule has 0 radical (unpaired) electrons. The number of hydrogen-bond acceptors (Lipinski definition) is 3. The molecule has 1 atom stereocenters. The summed E-state index contributed by atoms with van der Waals surface area (Å²) in [6.07, 6.45) is 4.58. The summed E-state index contributed by atoms with van der Waals surface area (Å²) in [5.74, 6) is 5.27. The van der Waals surface area contributed by atoms with Crippen molar-refractivity contribution in [2.45, 2.75) is 31.8 Å². The van der Waals surface area contributed by atoms with E-state index in [1.165, 1.54) is 6.42 Å². The molecule has 1 unspecified atom stereocenters. The first-order valence-electron chi connectivity index (χ1n) is 7.39. The number of aliphatic hydroxyl groups is 1. The minimum absolute atomic E-state index is 0.0987. The maximum Gasteiger partial charge on any atom is 0.251 e. The first-order chi connectivity index (χ1) is 10.3. The molecule has 0 aliphatic carbocycles. The van der Waals surface area contributed by atoms with Crippen molar-refractivity contribution >= 4 is 5.91 Å². The molecule has 1 heterocycles. The van der Waals surface area contributed by atoms with Gasteiger partial charge in [0.05, 0.1) is 6.10 Å². The molecule has 1 amide bonds. The summed E-state index contributed by atoms with van der Waals surface area (Å²) in [6.45, 7) is 1.28. The monoisotopic (exact) mass is 287 g/mol. The molecule has 1 aromatic carbocycles. The lowest BCUT2D eigenvalue weighted by Crippen LogP contribution is -2.29. The topological polar surface area (TPSA) is 58.6 Å². The second-order valence-corrected chi connectivity index (χ2v) is 5.07. The number of benzene rings is 1. The van der Waals surface area contributed by atoms with E-state index < -0.39 is 0 Å². The molecule has 112 valence electrons. The third-order valence-corrected chi connectivity index (χ3v) is 3.46. The average Bonchev–Trinajstić information content (AvgIpc) is 2.54. The predicted molar refractivity (Wildman–Crippen MR) is 80.9 cm³/mol. The molecule has 1 fully saturated rings. The van der Waals surface area contributed by atoms with Gasteiger partial charge in [0.2, 0.25) is 0 Å². The van der Waals surface area contributed by atoms with Crippen LogP contribution < -0.4 is 5.32 Å². The van der Waals surface area contributed by atoms with Gasteiger partial charge in [-0.25, -0.2) is 0 Å². The standard InChI is InChI=1S/C17H21NO3/c19-11-4-6-14-5-3-7-15(13-14)17(20)18-10-9-16-8-1-2-12-21-16/h3,5,7,13,16,19H,1-2,8-12H2,(H,18,20). The van der Waals surface area contributed by atoms with Crippen molar-refractivity contribution in [3.05, 3.63) is 35.4 Å². The van der Waals surface area contributed by atoms with E-state index in [1.54, 1.807) is 18.2 Å². The van der Waals surface area contributed by atoms with E-state index in [0.717, 1.165) is 31.4 Å². The number of nitrogens with one attached hydrogen (secondary N) is 1. The lowest BCUT2D eigenvalue weighted by atomic mass is 10.1. The Kier molecular flexibility index (Phi) is 6.26. The molecule has 1 aromatic rings. The highest BCUT2D eigenvalue weighted by molar-refractivity contribution is 5.94. The number of amides is 1. The number of aliphatic hydroxyl groups excluding tert-OH is 1. The molecule has 0 spiro atoms. The van der Waals surface area contributed by atoms with E-state index >= 15 is 0 Å². The summed E-state index contributed by atoms with van der Waals surface area (Å²) >= 11 is 0. The summed E-state index contributed by atoms with van der Waals surface area (Å²) in [4.78, 5) is 12.1. The van der Waals surface area contributed by atoms with Crippen molar-refractivity contribution in [2.75, 3.05) is 19.8 Å². The molecule has 1 aliphatic heterocycles. The fourth-order valence-electron chi connectivity index (χ4n) is 2.36. The first kappa shape index (κ1) is 15.6. The van der Waals surface area contributed by atoms with Crippen LogP contribution in [-0.2, 0) is 4.74 Å². The van der Waals surface area contributed by atoms with E-state index in [1.807, 2.05) is 6.07 Å². The number of rotatable bonds is 4. The SMILES string of the molecule is O=C(NCCC1CCCCO1)c1cccc(C#CCO)c1. The van der Waals surface area contributed by atoms with Crippen LogP contribution in [0.15, 0.2) is 24.3 Å². The summed E-state index contributed by atoms with van der Waals surface area (Å²) in [5.41, 5.74) is 1.32. The van der Waals surface area contributed by atoms with E-state index in [4.69, 9.17) is 9.84 Å². The van der Waals surface area contributed by atoms with Crippen molar-refractivity contribution in [3.63, 3.8) is 0 Å². The van der Waals surface area contributed by atoms with Crippen LogP contribution in [-0.4, -0.2) is 36.9 Å². The lowest BCUT2D eigenvalue weighted by molar-refractivity contribution is 0.0117. The lowest BCUT2D eigenvalue weighted by Gasteiger charge is -2.22. The quantitative estimate of drug-likeness (QED) is 0.829. The van der Waals surface area contributed by atoms with Gasteiger partial charge in [-0.1, -0.05) is 17.9 Å². The van der Waals surface area contributed by atoms with Crippen LogP contribution >= 0.6 is 0 Å². The molecule has 1 saturated heterocycles. The zero-order chi connectivity index (χ0) is 14.9. The Morgan fingerprint density at radius 3 is 3.10 bits per heavy atom. The molecule has 0 bridgehead atoms. The molecule has 4 heteroatoms. The molecule has 2 rings (SSSR count). The van der Waals surface area contributed by atoms with Crippen molar-refractivity contribution < 1.29 is 14.6 Å². The minimum atomic E-state index is -0.183. The Balaban J connectivity index is 1.82. The Morgan fingerprint density at radius 2 is 2.33 bits per heavy atom. The van der Waals surface area contributed by atoms with Crippen molar-refractivity contribution in [2.24, 2.45) is 0 Å². The van der Waals surface area contributed by atoms with Gasteiger partial charge in [-0.3, -0.25) is 4.79 Å². The largest absolute Gasteiger partial charge is 0.384 e. The normalized spacial score (nSPS) is 17.7. The van der Waals surface area contributed by atoms with Crippen molar-refractivity contribution in [1.82, 2.24) is 5.32 Å². The fourth-order valence-corrected chi connectivity index (χ4v) is 2.36. The maximum atomic E-state index is 12.1. The summed E-state index contributed by atoms with van der Waals surface area (Å²) in [7, 11) is 0. The summed E-state index contributed by atoms with van der Waals surface area (Å²) < 4.78 is 5.64. The van der Waals surface area contributed by atoms with E-state index in [2.05, 4.69) is 17.2 Å². The molecule has 4 nitrogen and oxygen atoms in total. The molecule has 1 aliphatic rings. The highest BCUT2D eigenvalue weighted by Gasteiger charge is 2.14. The number of hydrogen-bond donors (Lipinski definition) is 2. The van der Waals surface area contributed by atoms with Crippen molar-refractivity contribution in [1.29, 1.82) is 0 Å². The molecule has 2 N–H and O–H groups in total. The van der Waals surface area contributed by atoms with E-state index in [0.29, 0.717) is 12.1 Å². The van der Waals surface area contributed by atoms with Crippen LogP contribution in [0.5, 0.6) is 0 Å². The second kappa shape index (κ2) is 8.46. The smallest absolute Gasteiger partial charge is 0.251 e. The Hall–Kier alpha value is -1.83. The van der Waals surface area contributed by atoms with Gasteiger partial charge in [0.15, 0.2) is 0 Å². The van der Waals surface area contributed by atoms with Crippen LogP contribution in [0.25, 0.3) is 0 Å². The van der Waals surface area contributed by atoms with Gasteiger partial charge in [-0.05, 0) is 43.9 Å². The maximum absolute atomic E-state index is 12.1. The van der Waals surface area contributed by atoms with Crippen molar-refractivity contribution in [3.8, 4) is 11.8 Å². The Morgan fingerprint density at radius 1 is 1.43 bits per heavy atom. The van der Waals surface area contributed by atoms with Crippen LogP contribution in [0.3, 0.4) is 0 Å². The molecule has 0 aromatic heterocycles. The zero-order valence-electron chi connectivity index (χ0n) is 12.1. The first-order valence-corrected chi connectivity index (χ1v) is 7.39. The van der Waals surface area contributed by atoms with E-state index in [-0.39, 0.29) is 18.6 Å². The highest BCUT2D eigenvalue weighted by atomic mass is 16.5. The predicted octanol–water partition coefficient (Wildman–Crippen LogP) is 1.72. The zero-order valence-corrected chi connectivity index (χ0v) is 12.1. The fraction of sp³-hybridized carbons (Fsp3) is 0.471. The molecule has 0 saturated carbocycles. The van der Waals surface area contributed by atoms with Gasteiger partial charge in [0.25, 0.3) is 5.91 Å². The van der Waals surface area contributed by atoms with Crippen LogP contribution in [0, 0.1) is 11.8 Å². The Labute approximate surface area is 125 Å². The number of carbonyl (C=O) groups excluding carboxylic acids is 1. The van der Waals surface area contributed by atoms with Gasteiger partial charge in [0, 0.05) is 24.3 Å².